The molecule has 1 aliphatic rings. The minimum Gasteiger partial charge on any atom is -0.487 e. The van der Waals surface area contributed by atoms with Crippen LogP contribution < -0.4 is 4.74 Å². The molecule has 22 heavy (non-hydrogen) atoms. The van der Waals surface area contributed by atoms with Gasteiger partial charge >= 0.3 is 0 Å². The second kappa shape index (κ2) is 7.22. The average molecular weight is 321 g/mol. The van der Waals surface area contributed by atoms with E-state index in [0.717, 1.165) is 30.8 Å². The van der Waals surface area contributed by atoms with Gasteiger partial charge in [0.1, 0.15) is 12.2 Å². The third-order valence-electron chi connectivity index (χ3n) is 3.97. The third-order valence-corrected chi connectivity index (χ3v) is 4.94. The zero-order chi connectivity index (χ0) is 15.4. The van der Waals surface area contributed by atoms with Crippen LogP contribution in [-0.2, 0) is 0 Å². The van der Waals surface area contributed by atoms with Crippen molar-refractivity contribution >= 4 is 11.3 Å². The molecule has 0 spiro atoms. The van der Waals surface area contributed by atoms with Gasteiger partial charge in [0.25, 0.3) is 0 Å². The lowest BCUT2D eigenvalue weighted by molar-refractivity contribution is 0.0607. The van der Waals surface area contributed by atoms with Crippen LogP contribution in [0.1, 0.15) is 23.8 Å². The minimum absolute atomic E-state index is 0.0482. The molecular weight excluding hydrogens is 301 g/mol. The molecule has 1 aromatic heterocycles. The molecule has 1 saturated heterocycles. The maximum absolute atomic E-state index is 13.6. The van der Waals surface area contributed by atoms with Crippen molar-refractivity contribution in [2.75, 3.05) is 19.6 Å². The van der Waals surface area contributed by atoms with Crippen LogP contribution in [0.3, 0.4) is 0 Å². The number of nitrogens with zero attached hydrogens (tertiary/aromatic N) is 1. The van der Waals surface area contributed by atoms with Gasteiger partial charge in [0.2, 0.25) is 0 Å². The van der Waals surface area contributed by atoms with Gasteiger partial charge in [0.05, 0.1) is 0 Å². The maximum atomic E-state index is 13.6. The molecule has 2 heterocycles. The molecule has 0 amide bonds. The number of aliphatic hydroxyl groups is 1. The van der Waals surface area contributed by atoms with Gasteiger partial charge in [-0.1, -0.05) is 18.2 Å². The average Bonchev–Trinajstić information content (AvgIpc) is 3.06. The molecule has 1 atom stereocenters. The molecule has 2 aromatic rings. The molecule has 1 N–H and O–H groups in total. The number of β-amino-alcohol motifs (C(OH)–C–C–N with tert-alkyl or cyclic N) is 1. The molecule has 1 aliphatic heterocycles. The summed E-state index contributed by atoms with van der Waals surface area (Å²) in [7, 11) is 0. The summed E-state index contributed by atoms with van der Waals surface area (Å²) in [4.78, 5) is 3.25. The molecule has 1 aromatic carbocycles. The summed E-state index contributed by atoms with van der Waals surface area (Å²) in [5, 5.41) is 12.2. The lowest BCUT2D eigenvalue weighted by Crippen LogP contribution is -2.40. The molecule has 3 nitrogen and oxygen atoms in total. The quantitative estimate of drug-likeness (QED) is 0.915. The predicted octanol–water partition coefficient (Wildman–Crippen LogP) is 3.46. The van der Waals surface area contributed by atoms with E-state index >= 15 is 0 Å². The van der Waals surface area contributed by atoms with E-state index in [9.17, 15) is 9.50 Å². The summed E-state index contributed by atoms with van der Waals surface area (Å²) < 4.78 is 19.3. The summed E-state index contributed by atoms with van der Waals surface area (Å²) in [6.45, 7) is 2.37. The monoisotopic (exact) mass is 321 g/mol. The van der Waals surface area contributed by atoms with E-state index in [1.54, 1.807) is 29.5 Å². The van der Waals surface area contributed by atoms with Gasteiger partial charge in [0, 0.05) is 24.5 Å². The van der Waals surface area contributed by atoms with Crippen molar-refractivity contribution in [2.24, 2.45) is 0 Å². The van der Waals surface area contributed by atoms with Crippen molar-refractivity contribution in [3.8, 4) is 5.75 Å². The van der Waals surface area contributed by atoms with Crippen LogP contribution in [0.25, 0.3) is 0 Å². The van der Waals surface area contributed by atoms with Crippen LogP contribution in [0.15, 0.2) is 41.8 Å². The Balaban J connectivity index is 1.47. The molecule has 0 radical (unpaired) electrons. The first-order valence-electron chi connectivity index (χ1n) is 7.57. The number of ether oxygens (including phenoxy) is 1. The first-order chi connectivity index (χ1) is 10.7. The number of benzene rings is 1. The van der Waals surface area contributed by atoms with Crippen molar-refractivity contribution < 1.29 is 14.2 Å². The SMILES string of the molecule is OC(CN1CCC(Oc2ccccc2F)CC1)c1cccs1. The summed E-state index contributed by atoms with van der Waals surface area (Å²) in [5.74, 6) is 0.0256. The van der Waals surface area contributed by atoms with E-state index in [2.05, 4.69) is 4.90 Å². The van der Waals surface area contributed by atoms with Crippen LogP contribution >= 0.6 is 11.3 Å². The predicted molar refractivity (Wildman–Crippen MR) is 85.8 cm³/mol. The van der Waals surface area contributed by atoms with Crippen LogP contribution in [0, 0.1) is 5.82 Å². The van der Waals surface area contributed by atoms with Gasteiger partial charge in [0.15, 0.2) is 11.6 Å². The van der Waals surface area contributed by atoms with E-state index < -0.39 is 6.10 Å². The van der Waals surface area contributed by atoms with E-state index in [1.165, 1.54) is 6.07 Å². The second-order valence-electron chi connectivity index (χ2n) is 5.58. The number of hydrogen-bond acceptors (Lipinski definition) is 4. The van der Waals surface area contributed by atoms with Gasteiger partial charge < -0.3 is 14.7 Å². The molecule has 3 rings (SSSR count). The zero-order valence-corrected chi connectivity index (χ0v) is 13.1. The summed E-state index contributed by atoms with van der Waals surface area (Å²) in [5.41, 5.74) is 0. The number of likely N-dealkylation sites (tertiary alicyclic amines) is 1. The highest BCUT2D eigenvalue weighted by Crippen LogP contribution is 2.24. The lowest BCUT2D eigenvalue weighted by Gasteiger charge is -2.33. The fourth-order valence-corrected chi connectivity index (χ4v) is 3.45. The van der Waals surface area contributed by atoms with Crippen molar-refractivity contribution in [1.82, 2.24) is 4.90 Å². The third kappa shape index (κ3) is 3.85. The Morgan fingerprint density at radius 2 is 2.00 bits per heavy atom. The molecule has 0 bridgehead atoms. The fraction of sp³-hybridized carbons (Fsp3) is 0.412. The van der Waals surface area contributed by atoms with Gasteiger partial charge in [-0.3, -0.25) is 0 Å². The summed E-state index contributed by atoms with van der Waals surface area (Å²) in [6.07, 6.45) is 1.33. The Morgan fingerprint density at radius 3 is 2.68 bits per heavy atom. The summed E-state index contributed by atoms with van der Waals surface area (Å²) >= 11 is 1.58. The van der Waals surface area contributed by atoms with Gasteiger partial charge in [-0.05, 0) is 36.4 Å². The van der Waals surface area contributed by atoms with Crippen molar-refractivity contribution in [1.29, 1.82) is 0 Å². The normalized spacial score (nSPS) is 18.3. The van der Waals surface area contributed by atoms with Crippen molar-refractivity contribution in [3.05, 3.63) is 52.5 Å². The molecule has 0 saturated carbocycles. The van der Waals surface area contributed by atoms with Crippen molar-refractivity contribution in [3.63, 3.8) is 0 Å². The molecular formula is C17H20FNO2S. The number of halogens is 1. The number of thiophene rings is 1. The molecule has 0 aliphatic carbocycles. The Labute approximate surface area is 134 Å². The number of rotatable bonds is 5. The first-order valence-corrected chi connectivity index (χ1v) is 8.45. The van der Waals surface area contributed by atoms with Gasteiger partial charge in [-0.2, -0.15) is 0 Å². The van der Waals surface area contributed by atoms with Crippen molar-refractivity contribution in [2.45, 2.75) is 25.0 Å². The Kier molecular flexibility index (Phi) is 5.08. The Morgan fingerprint density at radius 1 is 1.23 bits per heavy atom. The van der Waals surface area contributed by atoms with Crippen LogP contribution in [-0.4, -0.2) is 35.7 Å². The molecule has 5 heteroatoms. The number of hydrogen-bond donors (Lipinski definition) is 1. The summed E-state index contributed by atoms with van der Waals surface area (Å²) in [6, 6.07) is 10.5. The van der Waals surface area contributed by atoms with E-state index in [0.29, 0.717) is 12.3 Å². The fourth-order valence-electron chi connectivity index (χ4n) is 2.74. The second-order valence-corrected chi connectivity index (χ2v) is 6.56. The van der Waals surface area contributed by atoms with E-state index in [4.69, 9.17) is 4.74 Å². The van der Waals surface area contributed by atoms with Crippen LogP contribution in [0.2, 0.25) is 0 Å². The van der Waals surface area contributed by atoms with Gasteiger partial charge in [-0.25, -0.2) is 4.39 Å². The molecule has 118 valence electrons. The maximum Gasteiger partial charge on any atom is 0.165 e. The van der Waals surface area contributed by atoms with Gasteiger partial charge in [-0.15, -0.1) is 11.3 Å². The highest BCUT2D eigenvalue weighted by Gasteiger charge is 2.23. The highest BCUT2D eigenvalue weighted by atomic mass is 32.1. The largest absolute Gasteiger partial charge is 0.487 e. The zero-order valence-electron chi connectivity index (χ0n) is 12.3. The highest BCUT2D eigenvalue weighted by molar-refractivity contribution is 7.10. The van der Waals surface area contributed by atoms with E-state index in [1.807, 2.05) is 17.5 Å². The molecule has 1 unspecified atom stereocenters. The standard InChI is InChI=1S/C17H20FNO2S/c18-14-4-1-2-5-16(14)21-13-7-9-19(10-8-13)12-15(20)17-6-3-11-22-17/h1-6,11,13,15,20H,7-10,12H2. The Bertz CT molecular complexity index is 582. The minimum atomic E-state index is -0.427. The number of para-hydroxylation sites is 1. The lowest BCUT2D eigenvalue weighted by atomic mass is 10.1. The topological polar surface area (TPSA) is 32.7 Å². The molecule has 1 fully saturated rings. The van der Waals surface area contributed by atoms with Crippen LogP contribution in [0.5, 0.6) is 5.75 Å². The smallest absolute Gasteiger partial charge is 0.165 e. The first kappa shape index (κ1) is 15.5. The Hall–Kier alpha value is -1.43. The van der Waals surface area contributed by atoms with Crippen LogP contribution in [0.4, 0.5) is 4.39 Å². The number of aliphatic hydroxyl groups excluding tert-OH is 1. The number of piperidine rings is 1. The van der Waals surface area contributed by atoms with E-state index in [-0.39, 0.29) is 11.9 Å².